The van der Waals surface area contributed by atoms with Crippen molar-refractivity contribution in [3.05, 3.63) is 33.8 Å². The summed E-state index contributed by atoms with van der Waals surface area (Å²) in [5, 5.41) is -1.28. The third-order valence-corrected chi connectivity index (χ3v) is 3.05. The molecule has 0 aliphatic carbocycles. The Morgan fingerprint density at radius 3 is 1.90 bits per heavy atom. The van der Waals surface area contributed by atoms with Crippen molar-refractivity contribution in [3.63, 3.8) is 0 Å². The van der Waals surface area contributed by atoms with Gasteiger partial charge in [0.1, 0.15) is 0 Å². The molecule has 0 saturated carbocycles. The number of hydrogen-bond donors (Lipinski definition) is 0. The van der Waals surface area contributed by atoms with Gasteiger partial charge in [-0.1, -0.05) is 29.3 Å². The molecule has 1 nitrogen and oxygen atoms in total. The van der Waals surface area contributed by atoms with Gasteiger partial charge in [-0.2, -0.15) is 30.7 Å². The zero-order chi connectivity index (χ0) is 15.9. The summed E-state index contributed by atoms with van der Waals surface area (Å²) in [6.45, 7) is 0. The molecule has 1 aromatic rings. The number of halogens is 9. The summed E-state index contributed by atoms with van der Waals surface area (Å²) < 4.78 is 87.6. The van der Waals surface area contributed by atoms with Gasteiger partial charge in [0.05, 0.1) is 10.0 Å². The van der Waals surface area contributed by atoms with Crippen LogP contribution in [-0.4, -0.2) is 23.8 Å². The molecule has 0 N–H and O–H groups in total. The zero-order valence-corrected chi connectivity index (χ0v) is 10.6. The summed E-state index contributed by atoms with van der Waals surface area (Å²) in [5.41, 5.74) is -1.23. The quantitative estimate of drug-likeness (QED) is 0.557. The fraction of sp³-hybridized carbons (Fsp3) is 0.300. The Hall–Kier alpha value is -1.02. The van der Waals surface area contributed by atoms with Gasteiger partial charge in [0.25, 0.3) is 0 Å². The van der Waals surface area contributed by atoms with E-state index in [1.54, 1.807) is 0 Å². The smallest absolute Gasteiger partial charge is 0.287 e. The molecule has 0 radical (unpaired) electrons. The lowest BCUT2D eigenvalue weighted by Gasteiger charge is -2.27. The SMILES string of the molecule is O=C(c1cccc(Cl)c1Cl)C(F)(F)C(F)(F)C(F)(F)F. The van der Waals surface area contributed by atoms with Crippen molar-refractivity contribution < 1.29 is 35.5 Å². The number of Topliss-reactive ketones (excluding diaryl/α,β-unsaturated/α-hetero) is 1. The fourth-order valence-electron chi connectivity index (χ4n) is 1.17. The second-order valence-corrected chi connectivity index (χ2v) is 4.36. The minimum atomic E-state index is -6.60. The Morgan fingerprint density at radius 2 is 1.45 bits per heavy atom. The molecule has 1 aromatic carbocycles. The Balaban J connectivity index is 3.36. The van der Waals surface area contributed by atoms with Crippen LogP contribution in [0.3, 0.4) is 0 Å². The first kappa shape index (κ1) is 17.0. The average Bonchev–Trinajstić information content (AvgIpc) is 2.30. The van der Waals surface area contributed by atoms with Crippen LogP contribution < -0.4 is 0 Å². The van der Waals surface area contributed by atoms with Crippen molar-refractivity contribution in [3.8, 4) is 0 Å². The van der Waals surface area contributed by atoms with Crippen molar-refractivity contribution in [1.29, 1.82) is 0 Å². The normalized spacial score (nSPS) is 13.4. The number of ketones is 1. The molecule has 0 heterocycles. The average molecular weight is 343 g/mol. The molecule has 0 saturated heterocycles. The first-order valence-corrected chi connectivity index (χ1v) is 5.40. The molecule has 112 valence electrons. The van der Waals surface area contributed by atoms with E-state index in [2.05, 4.69) is 0 Å². The van der Waals surface area contributed by atoms with E-state index in [4.69, 9.17) is 23.2 Å². The second kappa shape index (κ2) is 5.07. The van der Waals surface area contributed by atoms with Crippen LogP contribution in [0.1, 0.15) is 10.4 Å². The van der Waals surface area contributed by atoms with Crippen LogP contribution in [0.2, 0.25) is 10.0 Å². The first-order chi connectivity index (χ1) is 8.84. The van der Waals surface area contributed by atoms with Crippen LogP contribution in [0.15, 0.2) is 18.2 Å². The van der Waals surface area contributed by atoms with Crippen molar-refractivity contribution in [1.82, 2.24) is 0 Å². The number of benzene rings is 1. The lowest BCUT2D eigenvalue weighted by molar-refractivity contribution is -0.339. The van der Waals surface area contributed by atoms with Gasteiger partial charge < -0.3 is 0 Å². The first-order valence-electron chi connectivity index (χ1n) is 4.65. The second-order valence-electron chi connectivity index (χ2n) is 3.58. The highest BCUT2D eigenvalue weighted by molar-refractivity contribution is 6.44. The van der Waals surface area contributed by atoms with Crippen molar-refractivity contribution in [2.75, 3.05) is 0 Å². The number of rotatable bonds is 3. The van der Waals surface area contributed by atoms with Gasteiger partial charge >= 0.3 is 18.0 Å². The monoisotopic (exact) mass is 342 g/mol. The summed E-state index contributed by atoms with van der Waals surface area (Å²) >= 11 is 10.7. The maximum Gasteiger partial charge on any atom is 0.460 e. The van der Waals surface area contributed by atoms with Crippen LogP contribution in [0.4, 0.5) is 30.7 Å². The minimum absolute atomic E-state index is 0.441. The number of hydrogen-bond acceptors (Lipinski definition) is 1. The molecule has 0 unspecified atom stereocenters. The molecule has 0 fully saturated rings. The Bertz CT molecular complexity index is 539. The maximum absolute atomic E-state index is 13.2. The molecule has 0 bridgehead atoms. The van der Waals surface area contributed by atoms with Gasteiger partial charge in [0.15, 0.2) is 0 Å². The third-order valence-electron chi connectivity index (χ3n) is 2.23. The Kier molecular flexibility index (Phi) is 4.32. The molecule has 1 rings (SSSR count). The van der Waals surface area contributed by atoms with E-state index in [0.29, 0.717) is 6.07 Å². The van der Waals surface area contributed by atoms with Gasteiger partial charge in [-0.15, -0.1) is 0 Å². The Morgan fingerprint density at radius 1 is 0.950 bits per heavy atom. The number of carbonyl (C=O) groups is 1. The highest BCUT2D eigenvalue weighted by Gasteiger charge is 2.76. The standard InChI is InChI=1S/C10H3Cl2F7O/c11-5-3-1-2-4(6(5)12)7(20)8(13,14)9(15,16)10(17,18)19/h1-3H. The molecule has 10 heteroatoms. The minimum Gasteiger partial charge on any atom is -0.287 e. The maximum atomic E-state index is 13.2. The largest absolute Gasteiger partial charge is 0.460 e. The van der Waals surface area contributed by atoms with Crippen LogP contribution in [0, 0.1) is 0 Å². The van der Waals surface area contributed by atoms with E-state index < -0.39 is 39.4 Å². The molecule has 0 atom stereocenters. The third kappa shape index (κ3) is 2.58. The molecule has 0 aromatic heterocycles. The van der Waals surface area contributed by atoms with Gasteiger partial charge in [-0.3, -0.25) is 4.79 Å². The molecular formula is C10H3Cl2F7O. The number of alkyl halides is 7. The Labute approximate surface area is 117 Å². The summed E-state index contributed by atoms with van der Waals surface area (Å²) in [4.78, 5) is 11.3. The van der Waals surface area contributed by atoms with Crippen LogP contribution in [-0.2, 0) is 0 Å². The van der Waals surface area contributed by atoms with Gasteiger partial charge in [-0.05, 0) is 12.1 Å². The van der Waals surface area contributed by atoms with E-state index >= 15 is 0 Å². The zero-order valence-electron chi connectivity index (χ0n) is 9.04. The van der Waals surface area contributed by atoms with E-state index in [0.717, 1.165) is 12.1 Å². The molecule has 0 spiro atoms. The van der Waals surface area contributed by atoms with Crippen LogP contribution in [0.25, 0.3) is 0 Å². The van der Waals surface area contributed by atoms with E-state index in [9.17, 15) is 35.5 Å². The van der Waals surface area contributed by atoms with Crippen molar-refractivity contribution >= 4 is 29.0 Å². The summed E-state index contributed by atoms with van der Waals surface area (Å²) in [6.07, 6.45) is -6.60. The topological polar surface area (TPSA) is 17.1 Å². The molecule has 20 heavy (non-hydrogen) atoms. The van der Waals surface area contributed by atoms with Gasteiger partial charge in [-0.25, -0.2) is 0 Å². The summed E-state index contributed by atoms with van der Waals surface area (Å²) in [7, 11) is 0. The van der Waals surface area contributed by atoms with Crippen LogP contribution in [0.5, 0.6) is 0 Å². The molecule has 0 aliphatic rings. The molecule has 0 amide bonds. The predicted molar refractivity (Wildman–Crippen MR) is 56.7 cm³/mol. The summed E-state index contributed by atoms with van der Waals surface area (Å²) in [6, 6.07) is 2.51. The highest BCUT2D eigenvalue weighted by atomic mass is 35.5. The fourth-order valence-corrected chi connectivity index (χ4v) is 1.56. The van der Waals surface area contributed by atoms with Gasteiger partial charge in [0.2, 0.25) is 5.78 Å². The van der Waals surface area contributed by atoms with E-state index in [1.165, 1.54) is 0 Å². The molecule has 0 aliphatic heterocycles. The van der Waals surface area contributed by atoms with E-state index in [-0.39, 0.29) is 0 Å². The van der Waals surface area contributed by atoms with Crippen molar-refractivity contribution in [2.24, 2.45) is 0 Å². The summed E-state index contributed by atoms with van der Waals surface area (Å²) in [5.74, 6) is -15.3. The lowest BCUT2D eigenvalue weighted by atomic mass is 10.00. The highest BCUT2D eigenvalue weighted by Crippen LogP contribution is 2.48. The van der Waals surface area contributed by atoms with Gasteiger partial charge in [0, 0.05) is 5.56 Å². The predicted octanol–water partition coefficient (Wildman–Crippen LogP) is 5.01. The lowest BCUT2D eigenvalue weighted by Crippen LogP contribution is -2.56. The number of carbonyl (C=O) groups excluding carboxylic acids is 1. The van der Waals surface area contributed by atoms with E-state index in [1.807, 2.05) is 0 Å². The van der Waals surface area contributed by atoms with Crippen molar-refractivity contribution in [2.45, 2.75) is 18.0 Å². The van der Waals surface area contributed by atoms with Crippen LogP contribution >= 0.6 is 23.2 Å². The molecular weight excluding hydrogens is 340 g/mol.